The number of rotatable bonds is 7. The number of anilines is 1. The summed E-state index contributed by atoms with van der Waals surface area (Å²) >= 11 is 1.42. The Balaban J connectivity index is 1.51. The molecule has 178 valence electrons. The molecule has 2 aliphatic rings. The van der Waals surface area contributed by atoms with Gasteiger partial charge < -0.3 is 10.1 Å². The number of nitrogens with one attached hydrogen (secondary N) is 1. The molecule has 0 bridgehead atoms. The number of esters is 1. The lowest BCUT2D eigenvalue weighted by Crippen LogP contribution is -2.38. The van der Waals surface area contributed by atoms with Crippen molar-refractivity contribution in [1.29, 1.82) is 0 Å². The van der Waals surface area contributed by atoms with Gasteiger partial charge in [-0.1, -0.05) is 19.3 Å². The molecule has 1 saturated carbocycles. The Hall–Kier alpha value is -2.23. The van der Waals surface area contributed by atoms with Crippen LogP contribution in [0.3, 0.4) is 0 Å². The molecule has 33 heavy (non-hydrogen) atoms. The predicted molar refractivity (Wildman–Crippen MR) is 129 cm³/mol. The molecule has 1 heterocycles. The SMILES string of the molecule is CCOC(=O)c1c(NC(=O)c2ccc(S(=O)(=O)N(C)C3CCCCC3)cc2)sc2c1CCC2. The van der Waals surface area contributed by atoms with E-state index in [9.17, 15) is 18.0 Å². The van der Waals surface area contributed by atoms with Crippen molar-refractivity contribution >= 4 is 38.2 Å². The second-order valence-corrected chi connectivity index (χ2v) is 11.7. The quantitative estimate of drug-likeness (QED) is 0.572. The van der Waals surface area contributed by atoms with Crippen LogP contribution in [0, 0.1) is 0 Å². The van der Waals surface area contributed by atoms with Gasteiger partial charge in [0.1, 0.15) is 5.00 Å². The molecule has 1 N–H and O–H groups in total. The summed E-state index contributed by atoms with van der Waals surface area (Å²) in [5.74, 6) is -0.801. The molecule has 0 spiro atoms. The van der Waals surface area contributed by atoms with Gasteiger partial charge in [-0.25, -0.2) is 13.2 Å². The largest absolute Gasteiger partial charge is 0.462 e. The van der Waals surface area contributed by atoms with Crippen molar-refractivity contribution in [2.24, 2.45) is 0 Å². The van der Waals surface area contributed by atoms with Crippen LogP contribution in [-0.2, 0) is 27.6 Å². The summed E-state index contributed by atoms with van der Waals surface area (Å²) in [5.41, 5.74) is 1.76. The van der Waals surface area contributed by atoms with Gasteiger partial charge in [0.25, 0.3) is 5.91 Å². The molecule has 4 rings (SSSR count). The highest BCUT2D eigenvalue weighted by Gasteiger charge is 2.30. The fourth-order valence-electron chi connectivity index (χ4n) is 4.67. The number of benzene rings is 1. The van der Waals surface area contributed by atoms with E-state index in [2.05, 4.69) is 5.32 Å². The Morgan fingerprint density at radius 2 is 1.79 bits per heavy atom. The third kappa shape index (κ3) is 4.85. The number of aryl methyl sites for hydroxylation is 1. The highest BCUT2D eigenvalue weighted by atomic mass is 32.2. The zero-order valence-corrected chi connectivity index (χ0v) is 20.7. The second-order valence-electron chi connectivity index (χ2n) is 8.57. The Kier molecular flexibility index (Phi) is 7.21. The molecule has 1 fully saturated rings. The lowest BCUT2D eigenvalue weighted by molar-refractivity contribution is 0.0527. The molecule has 2 aromatic rings. The van der Waals surface area contributed by atoms with Crippen LogP contribution in [0.25, 0.3) is 0 Å². The van der Waals surface area contributed by atoms with E-state index in [-0.39, 0.29) is 23.5 Å². The number of carbonyl (C=O) groups is 2. The first-order valence-electron chi connectivity index (χ1n) is 11.5. The number of sulfonamides is 1. The normalized spacial score (nSPS) is 16.6. The van der Waals surface area contributed by atoms with Gasteiger partial charge in [-0.15, -0.1) is 11.3 Å². The van der Waals surface area contributed by atoms with Crippen LogP contribution in [0.4, 0.5) is 5.00 Å². The first kappa shape index (κ1) is 23.9. The van der Waals surface area contributed by atoms with E-state index in [4.69, 9.17) is 4.74 Å². The number of fused-ring (bicyclic) bond motifs is 1. The second kappa shape index (κ2) is 9.95. The minimum absolute atomic E-state index is 0.0220. The number of thiophene rings is 1. The zero-order chi connectivity index (χ0) is 23.6. The number of hydrogen-bond donors (Lipinski definition) is 1. The van der Waals surface area contributed by atoms with Gasteiger partial charge in [-0.3, -0.25) is 4.79 Å². The molecule has 0 unspecified atom stereocenters. The minimum Gasteiger partial charge on any atom is -0.462 e. The minimum atomic E-state index is -3.62. The first-order valence-corrected chi connectivity index (χ1v) is 13.8. The predicted octanol–water partition coefficient (Wildman–Crippen LogP) is 4.62. The molecule has 0 atom stereocenters. The highest BCUT2D eigenvalue weighted by molar-refractivity contribution is 7.89. The Labute approximate surface area is 199 Å². The van der Waals surface area contributed by atoms with Crippen LogP contribution < -0.4 is 5.32 Å². The summed E-state index contributed by atoms with van der Waals surface area (Å²) < 4.78 is 32.8. The van der Waals surface area contributed by atoms with Gasteiger partial charge >= 0.3 is 5.97 Å². The van der Waals surface area contributed by atoms with E-state index in [0.717, 1.165) is 61.8 Å². The number of amides is 1. The first-order chi connectivity index (χ1) is 15.8. The van der Waals surface area contributed by atoms with E-state index >= 15 is 0 Å². The van der Waals surface area contributed by atoms with E-state index in [1.54, 1.807) is 14.0 Å². The van der Waals surface area contributed by atoms with E-state index < -0.39 is 16.0 Å². The summed E-state index contributed by atoms with van der Waals surface area (Å²) in [5, 5.41) is 3.34. The van der Waals surface area contributed by atoms with Crippen molar-refractivity contribution in [3.8, 4) is 0 Å². The Morgan fingerprint density at radius 3 is 2.45 bits per heavy atom. The third-order valence-electron chi connectivity index (χ3n) is 6.51. The number of hydrogen-bond acceptors (Lipinski definition) is 6. The van der Waals surface area contributed by atoms with Crippen molar-refractivity contribution in [1.82, 2.24) is 4.31 Å². The van der Waals surface area contributed by atoms with Crippen molar-refractivity contribution in [2.45, 2.75) is 69.2 Å². The lowest BCUT2D eigenvalue weighted by Gasteiger charge is -2.30. The number of nitrogens with zero attached hydrogens (tertiary/aromatic N) is 1. The van der Waals surface area contributed by atoms with E-state index in [1.165, 1.54) is 39.9 Å². The van der Waals surface area contributed by atoms with Crippen molar-refractivity contribution in [3.63, 3.8) is 0 Å². The van der Waals surface area contributed by atoms with Crippen LogP contribution in [0.2, 0.25) is 0 Å². The molecular weight excluding hydrogens is 460 g/mol. The molecule has 1 amide bonds. The molecule has 1 aromatic carbocycles. The van der Waals surface area contributed by atoms with Gasteiger partial charge in [-0.05, 0) is 68.9 Å². The number of ether oxygens (including phenoxy) is 1. The third-order valence-corrected chi connectivity index (χ3v) is 9.64. The van der Waals surface area contributed by atoms with Gasteiger partial charge in [0.05, 0.1) is 17.1 Å². The molecule has 2 aliphatic carbocycles. The van der Waals surface area contributed by atoms with Crippen LogP contribution >= 0.6 is 11.3 Å². The molecule has 1 aromatic heterocycles. The summed E-state index contributed by atoms with van der Waals surface area (Å²) in [6.45, 7) is 2.02. The summed E-state index contributed by atoms with van der Waals surface area (Å²) in [6.07, 6.45) is 7.69. The number of carbonyl (C=O) groups excluding carboxylic acids is 2. The van der Waals surface area contributed by atoms with E-state index in [0.29, 0.717) is 16.1 Å². The maximum atomic E-state index is 13.0. The standard InChI is InChI=1S/C24H30N2O5S2/c1-3-31-24(28)21-19-10-7-11-20(19)32-23(21)25-22(27)16-12-14-18(15-13-16)33(29,30)26(2)17-8-5-4-6-9-17/h12-15,17H,3-11H2,1-2H3,(H,25,27). The molecular formula is C24H30N2O5S2. The van der Waals surface area contributed by atoms with Crippen LogP contribution in [0.1, 0.15) is 76.6 Å². The van der Waals surface area contributed by atoms with Crippen LogP contribution in [-0.4, -0.2) is 44.3 Å². The van der Waals surface area contributed by atoms with Gasteiger partial charge in [-0.2, -0.15) is 4.31 Å². The average Bonchev–Trinajstić information content (AvgIpc) is 3.40. The zero-order valence-electron chi connectivity index (χ0n) is 19.1. The Bertz CT molecular complexity index is 1130. The molecule has 0 saturated heterocycles. The maximum absolute atomic E-state index is 13.0. The molecule has 9 heteroatoms. The monoisotopic (exact) mass is 490 g/mol. The van der Waals surface area contributed by atoms with Gasteiger partial charge in [0.2, 0.25) is 10.0 Å². The van der Waals surface area contributed by atoms with Crippen LogP contribution in [0.15, 0.2) is 29.2 Å². The summed E-state index contributed by atoms with van der Waals surface area (Å²) in [7, 11) is -1.98. The van der Waals surface area contributed by atoms with Crippen LogP contribution in [0.5, 0.6) is 0 Å². The smallest absolute Gasteiger partial charge is 0.341 e. The highest BCUT2D eigenvalue weighted by Crippen LogP contribution is 2.39. The van der Waals surface area contributed by atoms with Crippen molar-refractivity contribution in [2.75, 3.05) is 19.0 Å². The fourth-order valence-corrected chi connectivity index (χ4v) is 7.36. The average molecular weight is 491 g/mol. The van der Waals surface area contributed by atoms with Crippen molar-refractivity contribution < 1.29 is 22.7 Å². The topological polar surface area (TPSA) is 92.8 Å². The van der Waals surface area contributed by atoms with E-state index in [1.807, 2.05) is 0 Å². The maximum Gasteiger partial charge on any atom is 0.341 e. The Morgan fingerprint density at radius 1 is 1.09 bits per heavy atom. The molecule has 7 nitrogen and oxygen atoms in total. The fraction of sp³-hybridized carbons (Fsp3) is 0.500. The molecule has 0 radical (unpaired) electrons. The lowest BCUT2D eigenvalue weighted by atomic mass is 9.96. The van der Waals surface area contributed by atoms with Gasteiger partial charge in [0, 0.05) is 23.5 Å². The summed E-state index contributed by atoms with van der Waals surface area (Å²) in [6, 6.07) is 6.01. The van der Waals surface area contributed by atoms with Crippen molar-refractivity contribution in [3.05, 3.63) is 45.8 Å². The van der Waals surface area contributed by atoms with Gasteiger partial charge in [0.15, 0.2) is 0 Å². The summed E-state index contributed by atoms with van der Waals surface area (Å²) in [4.78, 5) is 26.7. The molecule has 0 aliphatic heterocycles.